The largest absolute Gasteiger partial charge is 0.228 e. The molecule has 0 saturated heterocycles. The number of hydrogen-bond acceptors (Lipinski definition) is 3. The molecule has 0 amide bonds. The van der Waals surface area contributed by atoms with Crippen LogP contribution < -0.4 is 0 Å². The molecule has 31 valence electrons. The highest BCUT2D eigenvalue weighted by molar-refractivity contribution is 7.05. The van der Waals surface area contributed by atoms with Crippen LogP contribution in [0.3, 0.4) is 0 Å². The van der Waals surface area contributed by atoms with Gasteiger partial charge in [0.15, 0.2) is 0 Å². The standard InChI is InChI=1S/C3H3N2S/c1-3-4-2-5-6-3/h2H,1H2. The Hall–Kier alpha value is -0.440. The van der Waals surface area contributed by atoms with Crippen molar-refractivity contribution in [1.82, 2.24) is 9.36 Å². The molecule has 6 heavy (non-hydrogen) atoms. The molecule has 0 atom stereocenters. The lowest BCUT2D eigenvalue weighted by Gasteiger charge is -1.61. The lowest BCUT2D eigenvalue weighted by atomic mass is 10.9. The van der Waals surface area contributed by atoms with E-state index in [9.17, 15) is 0 Å². The molecule has 1 aromatic heterocycles. The summed E-state index contributed by atoms with van der Waals surface area (Å²) >= 11 is 1.31. The summed E-state index contributed by atoms with van der Waals surface area (Å²) in [7, 11) is 0. The van der Waals surface area contributed by atoms with Crippen molar-refractivity contribution in [3.63, 3.8) is 0 Å². The fourth-order valence-electron chi connectivity index (χ4n) is 0.196. The van der Waals surface area contributed by atoms with Crippen molar-refractivity contribution in [1.29, 1.82) is 0 Å². The Morgan fingerprint density at radius 3 is 2.83 bits per heavy atom. The molecule has 0 saturated carbocycles. The predicted molar refractivity (Wildman–Crippen MR) is 24.4 cm³/mol. The Morgan fingerprint density at radius 1 is 1.83 bits per heavy atom. The van der Waals surface area contributed by atoms with Crippen LogP contribution in [0.1, 0.15) is 5.01 Å². The molecule has 0 N–H and O–H groups in total. The summed E-state index contributed by atoms with van der Waals surface area (Å²) in [5.74, 6) is 0. The summed E-state index contributed by atoms with van der Waals surface area (Å²) < 4.78 is 3.69. The summed E-state index contributed by atoms with van der Waals surface area (Å²) in [4.78, 5) is 3.71. The number of nitrogens with zero attached hydrogens (tertiary/aromatic N) is 2. The van der Waals surface area contributed by atoms with Crippen LogP contribution >= 0.6 is 11.5 Å². The third-order valence-electron chi connectivity index (χ3n) is 0.407. The third kappa shape index (κ3) is 0.542. The Bertz CT molecular complexity index is 112. The molecule has 0 spiro atoms. The van der Waals surface area contributed by atoms with Gasteiger partial charge < -0.3 is 0 Å². The van der Waals surface area contributed by atoms with Crippen molar-refractivity contribution in [3.05, 3.63) is 18.3 Å². The SMILES string of the molecule is [CH2]c1ncns1. The first kappa shape index (κ1) is 3.74. The fourth-order valence-corrected chi connectivity index (χ4v) is 0.506. The maximum Gasteiger partial charge on any atom is 0.129 e. The van der Waals surface area contributed by atoms with Gasteiger partial charge in [-0.1, -0.05) is 0 Å². The molecule has 2 nitrogen and oxygen atoms in total. The maximum atomic E-state index is 3.71. The minimum atomic E-state index is 0.773. The summed E-state index contributed by atoms with van der Waals surface area (Å²) in [6.07, 6.45) is 1.49. The van der Waals surface area contributed by atoms with E-state index >= 15 is 0 Å². The second kappa shape index (κ2) is 1.34. The molecule has 0 bridgehead atoms. The smallest absolute Gasteiger partial charge is 0.129 e. The molecule has 3 heteroatoms. The second-order valence-electron chi connectivity index (χ2n) is 0.835. The summed E-state index contributed by atoms with van der Waals surface area (Å²) in [5, 5.41) is 0.773. The summed E-state index contributed by atoms with van der Waals surface area (Å²) in [5.41, 5.74) is 0. The molecular weight excluding hydrogens is 96.1 g/mol. The Morgan fingerprint density at radius 2 is 2.67 bits per heavy atom. The van der Waals surface area contributed by atoms with Crippen LogP contribution in [0.15, 0.2) is 6.33 Å². The highest BCUT2D eigenvalue weighted by Crippen LogP contribution is 1.92. The van der Waals surface area contributed by atoms with Gasteiger partial charge in [0.25, 0.3) is 0 Å². The van der Waals surface area contributed by atoms with Crippen LogP contribution in [-0.2, 0) is 0 Å². The minimum Gasteiger partial charge on any atom is -0.228 e. The zero-order valence-corrected chi connectivity index (χ0v) is 3.90. The normalized spacial score (nSPS) is 8.83. The van der Waals surface area contributed by atoms with Gasteiger partial charge in [-0.2, -0.15) is 4.37 Å². The van der Waals surface area contributed by atoms with Crippen molar-refractivity contribution in [2.24, 2.45) is 0 Å². The van der Waals surface area contributed by atoms with E-state index in [0.29, 0.717) is 0 Å². The molecule has 0 aliphatic rings. The predicted octanol–water partition coefficient (Wildman–Crippen LogP) is 0.720. The third-order valence-corrected chi connectivity index (χ3v) is 0.923. The van der Waals surface area contributed by atoms with Crippen LogP contribution in [0, 0.1) is 6.92 Å². The van der Waals surface area contributed by atoms with Gasteiger partial charge >= 0.3 is 0 Å². The Labute approximate surface area is 40.0 Å². The first-order chi connectivity index (χ1) is 2.89. The monoisotopic (exact) mass is 99.0 g/mol. The van der Waals surface area contributed by atoms with E-state index in [4.69, 9.17) is 0 Å². The second-order valence-corrected chi connectivity index (χ2v) is 1.70. The molecule has 1 radical (unpaired) electrons. The Balaban J connectivity index is 3.05. The van der Waals surface area contributed by atoms with Crippen LogP contribution in [0.2, 0.25) is 0 Å². The summed E-state index contributed by atoms with van der Waals surface area (Å²) in [6.45, 7) is 3.53. The van der Waals surface area contributed by atoms with E-state index in [0.717, 1.165) is 5.01 Å². The van der Waals surface area contributed by atoms with Crippen LogP contribution in [0.5, 0.6) is 0 Å². The van der Waals surface area contributed by atoms with Crippen LogP contribution in [-0.4, -0.2) is 9.36 Å². The van der Waals surface area contributed by atoms with Crippen molar-refractivity contribution in [2.75, 3.05) is 0 Å². The van der Waals surface area contributed by atoms with E-state index < -0.39 is 0 Å². The molecule has 0 aromatic carbocycles. The first-order valence-electron chi connectivity index (χ1n) is 1.48. The van der Waals surface area contributed by atoms with Crippen molar-refractivity contribution in [2.45, 2.75) is 0 Å². The van der Waals surface area contributed by atoms with Gasteiger partial charge in [0, 0.05) is 6.92 Å². The molecule has 0 unspecified atom stereocenters. The molecule has 0 aliphatic carbocycles. The van der Waals surface area contributed by atoms with Crippen molar-refractivity contribution in [3.8, 4) is 0 Å². The van der Waals surface area contributed by atoms with E-state index in [1.54, 1.807) is 0 Å². The van der Waals surface area contributed by atoms with Crippen LogP contribution in [0.4, 0.5) is 0 Å². The minimum absolute atomic E-state index is 0.773. The maximum absolute atomic E-state index is 3.71. The van der Waals surface area contributed by atoms with E-state index in [-0.39, 0.29) is 0 Å². The average molecular weight is 99.1 g/mol. The van der Waals surface area contributed by atoms with Gasteiger partial charge in [-0.3, -0.25) is 0 Å². The molecule has 0 aliphatic heterocycles. The molecule has 1 rings (SSSR count). The van der Waals surface area contributed by atoms with Gasteiger partial charge in [-0.05, 0) is 11.5 Å². The van der Waals surface area contributed by atoms with Crippen molar-refractivity contribution >= 4 is 11.5 Å². The lowest BCUT2D eigenvalue weighted by Crippen LogP contribution is -1.57. The molecular formula is C3H3N2S. The average Bonchev–Trinajstić information content (AvgIpc) is 1.86. The van der Waals surface area contributed by atoms with Gasteiger partial charge in [0.05, 0.1) is 0 Å². The number of hydrogen-bond donors (Lipinski definition) is 0. The summed E-state index contributed by atoms with van der Waals surface area (Å²) in [6, 6.07) is 0. The lowest BCUT2D eigenvalue weighted by molar-refractivity contribution is 1.30. The Kier molecular flexibility index (Phi) is 0.837. The topological polar surface area (TPSA) is 25.8 Å². The highest BCUT2D eigenvalue weighted by Gasteiger charge is 1.78. The van der Waals surface area contributed by atoms with Crippen LogP contribution in [0.25, 0.3) is 0 Å². The van der Waals surface area contributed by atoms with Gasteiger partial charge in [-0.25, -0.2) is 4.98 Å². The number of aromatic nitrogens is 2. The number of rotatable bonds is 0. The van der Waals surface area contributed by atoms with Gasteiger partial charge in [0.1, 0.15) is 11.3 Å². The van der Waals surface area contributed by atoms with Gasteiger partial charge in [0.2, 0.25) is 0 Å². The van der Waals surface area contributed by atoms with Gasteiger partial charge in [-0.15, -0.1) is 0 Å². The molecule has 1 heterocycles. The highest BCUT2D eigenvalue weighted by atomic mass is 32.1. The fraction of sp³-hybridized carbons (Fsp3) is 0. The van der Waals surface area contributed by atoms with E-state index in [1.807, 2.05) is 0 Å². The quantitative estimate of drug-likeness (QED) is 0.479. The molecule has 0 fully saturated rings. The zero-order valence-electron chi connectivity index (χ0n) is 3.09. The van der Waals surface area contributed by atoms with E-state index in [2.05, 4.69) is 16.3 Å². The molecule has 1 aromatic rings. The van der Waals surface area contributed by atoms with E-state index in [1.165, 1.54) is 17.9 Å². The first-order valence-corrected chi connectivity index (χ1v) is 2.25. The zero-order chi connectivity index (χ0) is 4.41. The van der Waals surface area contributed by atoms with Crippen molar-refractivity contribution < 1.29 is 0 Å².